The van der Waals surface area contributed by atoms with Crippen molar-refractivity contribution in [3.05, 3.63) is 40.1 Å². The van der Waals surface area contributed by atoms with Crippen LogP contribution in [0.2, 0.25) is 0 Å². The lowest BCUT2D eigenvalue weighted by Crippen LogP contribution is -2.24. The Kier molecular flexibility index (Phi) is 3.46. The Morgan fingerprint density at radius 3 is 2.58 bits per heavy atom. The number of aryl methyl sites for hydroxylation is 2. The number of nitrogens with one attached hydrogen (secondary N) is 1. The van der Waals surface area contributed by atoms with Crippen molar-refractivity contribution in [2.24, 2.45) is 9.50 Å². The average molecular weight is 373 g/mol. The van der Waals surface area contributed by atoms with Crippen molar-refractivity contribution in [3.8, 4) is 0 Å². The van der Waals surface area contributed by atoms with E-state index in [0.29, 0.717) is 19.8 Å². The van der Waals surface area contributed by atoms with E-state index in [1.807, 2.05) is 0 Å². The number of aromatic nitrogens is 2. The van der Waals surface area contributed by atoms with Crippen molar-refractivity contribution in [1.29, 1.82) is 0 Å². The second kappa shape index (κ2) is 5.63. The van der Waals surface area contributed by atoms with Crippen LogP contribution in [0.5, 0.6) is 0 Å². The molecule has 0 radical (unpaired) electrons. The molecule has 1 aliphatic heterocycles. The third kappa shape index (κ3) is 2.46. The van der Waals surface area contributed by atoms with Gasteiger partial charge < -0.3 is 10.1 Å². The molecular weight excluding hydrogens is 354 g/mol. The third-order valence-corrected chi connectivity index (χ3v) is 6.54. The number of benzene rings is 1. The topological polar surface area (TPSA) is 112 Å². The standard InChI is InChI=1S/C17H19N5O3S/c18-26(24,15-8-12-9-25-6-5-22(12)20-15)21-17(23)19-16-13-3-1-10(13)7-11-2-4-14(11)16/h7-8H,1-6,9H2,(H3,18,19,21,23,24). The van der Waals surface area contributed by atoms with Crippen LogP contribution in [-0.4, -0.2) is 26.6 Å². The molecule has 0 saturated carbocycles. The van der Waals surface area contributed by atoms with Crippen LogP contribution >= 0.6 is 0 Å². The molecule has 136 valence electrons. The molecule has 5 rings (SSSR count). The Hall–Kier alpha value is -2.23. The van der Waals surface area contributed by atoms with E-state index in [9.17, 15) is 9.00 Å². The molecule has 3 aliphatic rings. The minimum atomic E-state index is -3.41. The minimum Gasteiger partial charge on any atom is -0.373 e. The molecule has 0 bridgehead atoms. The summed E-state index contributed by atoms with van der Waals surface area (Å²) in [6.07, 6.45) is 3.98. The third-order valence-electron chi connectivity index (χ3n) is 5.30. The van der Waals surface area contributed by atoms with Gasteiger partial charge >= 0.3 is 6.03 Å². The summed E-state index contributed by atoms with van der Waals surface area (Å²) in [4.78, 5) is 12.4. The first kappa shape index (κ1) is 16.0. The molecule has 1 aromatic carbocycles. The highest BCUT2D eigenvalue weighted by atomic mass is 32.2. The summed E-state index contributed by atoms with van der Waals surface area (Å²) in [6, 6.07) is 3.14. The number of nitrogens with two attached hydrogens (primary N) is 1. The number of carbonyl (C=O) groups excluding carboxylic acids is 1. The van der Waals surface area contributed by atoms with Gasteiger partial charge in [-0.05, 0) is 47.9 Å². The zero-order chi connectivity index (χ0) is 17.9. The number of ether oxygens (including phenoxy) is 1. The van der Waals surface area contributed by atoms with Crippen LogP contribution in [0.1, 0.15) is 27.9 Å². The highest BCUT2D eigenvalue weighted by Crippen LogP contribution is 2.40. The predicted molar refractivity (Wildman–Crippen MR) is 95.2 cm³/mol. The number of hydrogen-bond donors (Lipinski definition) is 2. The number of nitrogens with zero attached hydrogens (tertiary/aromatic N) is 3. The zero-order valence-electron chi connectivity index (χ0n) is 14.2. The molecule has 26 heavy (non-hydrogen) atoms. The molecule has 1 atom stereocenters. The number of fused-ring (bicyclic) bond motifs is 3. The van der Waals surface area contributed by atoms with Crippen molar-refractivity contribution in [1.82, 2.24) is 9.78 Å². The molecule has 2 aromatic rings. The quantitative estimate of drug-likeness (QED) is 0.831. The van der Waals surface area contributed by atoms with Gasteiger partial charge in [0.15, 0.2) is 14.9 Å². The van der Waals surface area contributed by atoms with E-state index in [-0.39, 0.29) is 5.03 Å². The minimum absolute atomic E-state index is 0.113. The van der Waals surface area contributed by atoms with E-state index in [1.165, 1.54) is 22.3 Å². The first-order valence-corrected chi connectivity index (χ1v) is 10.3. The van der Waals surface area contributed by atoms with Crippen molar-refractivity contribution < 1.29 is 13.7 Å². The molecule has 0 spiro atoms. The lowest BCUT2D eigenvalue weighted by molar-refractivity contribution is 0.0799. The SMILES string of the molecule is NS(=O)(=NC(=O)Nc1c2c(cc3c1CC3)CC2)c1cc2n(n1)CCOC2. The predicted octanol–water partition coefficient (Wildman–Crippen LogP) is 1.54. The smallest absolute Gasteiger partial charge is 0.354 e. The lowest BCUT2D eigenvalue weighted by atomic mass is 9.76. The van der Waals surface area contributed by atoms with Crippen molar-refractivity contribution in [2.75, 3.05) is 11.9 Å². The van der Waals surface area contributed by atoms with Gasteiger partial charge in [-0.25, -0.2) is 14.1 Å². The maximum Gasteiger partial charge on any atom is 0.354 e. The van der Waals surface area contributed by atoms with Gasteiger partial charge in [-0.2, -0.15) is 5.10 Å². The van der Waals surface area contributed by atoms with Crippen LogP contribution in [-0.2, 0) is 53.5 Å². The number of amides is 2. The molecule has 3 N–H and O–H groups in total. The fraction of sp³-hybridized carbons (Fsp3) is 0.412. The second-order valence-corrected chi connectivity index (χ2v) is 8.60. The summed E-state index contributed by atoms with van der Waals surface area (Å²) >= 11 is 0. The van der Waals surface area contributed by atoms with Gasteiger partial charge in [0.05, 0.1) is 25.5 Å². The maximum atomic E-state index is 12.8. The molecule has 0 saturated heterocycles. The van der Waals surface area contributed by atoms with Gasteiger partial charge in [0.1, 0.15) is 0 Å². The molecule has 2 aliphatic carbocycles. The molecule has 9 heteroatoms. The van der Waals surface area contributed by atoms with E-state index in [1.54, 1.807) is 10.7 Å². The highest BCUT2D eigenvalue weighted by Gasteiger charge is 2.28. The molecule has 0 fully saturated rings. The van der Waals surface area contributed by atoms with Gasteiger partial charge in [-0.15, -0.1) is 4.36 Å². The van der Waals surface area contributed by atoms with Crippen LogP contribution in [0, 0.1) is 0 Å². The Balaban J connectivity index is 1.44. The molecule has 8 nitrogen and oxygen atoms in total. The zero-order valence-corrected chi connectivity index (χ0v) is 15.0. The number of anilines is 1. The van der Waals surface area contributed by atoms with E-state index < -0.39 is 15.9 Å². The van der Waals surface area contributed by atoms with Crippen molar-refractivity contribution in [2.45, 2.75) is 43.9 Å². The lowest BCUT2D eigenvalue weighted by Gasteiger charge is -2.31. The normalized spacial score (nSPS) is 19.1. The Morgan fingerprint density at radius 2 is 1.96 bits per heavy atom. The first-order valence-electron chi connectivity index (χ1n) is 8.68. The van der Waals surface area contributed by atoms with Crippen LogP contribution in [0.15, 0.2) is 21.5 Å². The summed E-state index contributed by atoms with van der Waals surface area (Å²) in [5, 5.41) is 13.0. The van der Waals surface area contributed by atoms with Gasteiger partial charge in [0, 0.05) is 11.8 Å². The van der Waals surface area contributed by atoms with Crippen molar-refractivity contribution in [3.63, 3.8) is 0 Å². The van der Waals surface area contributed by atoms with Gasteiger partial charge in [-0.3, -0.25) is 4.68 Å². The summed E-state index contributed by atoms with van der Waals surface area (Å²) in [6.45, 7) is 1.50. The summed E-state index contributed by atoms with van der Waals surface area (Å²) in [7, 11) is -3.41. The summed E-state index contributed by atoms with van der Waals surface area (Å²) < 4.78 is 23.6. The van der Waals surface area contributed by atoms with Gasteiger partial charge in [-0.1, -0.05) is 6.07 Å². The van der Waals surface area contributed by atoms with E-state index in [4.69, 9.17) is 9.88 Å². The number of rotatable bonds is 2. The Labute approximate surface area is 151 Å². The molecule has 1 unspecified atom stereocenters. The maximum absolute atomic E-state index is 12.8. The molecule has 2 amide bonds. The van der Waals surface area contributed by atoms with Crippen LogP contribution in [0.4, 0.5) is 10.5 Å². The fourth-order valence-electron chi connectivity index (χ4n) is 3.73. The summed E-state index contributed by atoms with van der Waals surface area (Å²) in [5.41, 5.74) is 6.54. The van der Waals surface area contributed by atoms with E-state index >= 15 is 0 Å². The number of carbonyl (C=O) groups is 1. The monoisotopic (exact) mass is 373 g/mol. The van der Waals surface area contributed by atoms with Gasteiger partial charge in [0.25, 0.3) is 0 Å². The number of hydrogen-bond acceptors (Lipinski definition) is 4. The molecule has 1 aromatic heterocycles. The Morgan fingerprint density at radius 1 is 1.23 bits per heavy atom. The molecule has 2 heterocycles. The van der Waals surface area contributed by atoms with Crippen LogP contribution < -0.4 is 10.5 Å². The Bertz CT molecular complexity index is 1010. The first-order chi connectivity index (χ1) is 12.5. The highest BCUT2D eigenvalue weighted by molar-refractivity contribution is 7.91. The van der Waals surface area contributed by atoms with E-state index in [2.05, 4.69) is 20.8 Å². The van der Waals surface area contributed by atoms with Crippen molar-refractivity contribution >= 4 is 21.6 Å². The van der Waals surface area contributed by atoms with Crippen LogP contribution in [0.25, 0.3) is 0 Å². The molecular formula is C17H19N5O3S. The second-order valence-electron chi connectivity index (χ2n) is 6.87. The van der Waals surface area contributed by atoms with Crippen LogP contribution in [0.3, 0.4) is 0 Å². The van der Waals surface area contributed by atoms with Gasteiger partial charge in [0.2, 0.25) is 0 Å². The number of urea groups is 1. The fourth-order valence-corrected chi connectivity index (χ4v) is 4.64. The average Bonchev–Trinajstić information content (AvgIpc) is 2.96. The van der Waals surface area contributed by atoms with E-state index in [0.717, 1.165) is 37.1 Å². The summed E-state index contributed by atoms with van der Waals surface area (Å²) in [5.74, 6) is 0. The largest absolute Gasteiger partial charge is 0.373 e.